The molecule has 0 radical (unpaired) electrons. The molecule has 7 heteroatoms. The van der Waals surface area contributed by atoms with Crippen molar-refractivity contribution in [1.29, 1.82) is 0 Å². The first kappa shape index (κ1) is 26.7. The van der Waals surface area contributed by atoms with Gasteiger partial charge in [0, 0.05) is 57.3 Å². The first-order valence-corrected chi connectivity index (χ1v) is 14.4. The highest BCUT2D eigenvalue weighted by molar-refractivity contribution is 5.89. The predicted molar refractivity (Wildman–Crippen MR) is 152 cm³/mol. The SMILES string of the molecule is CC[C@H](C)[C@H]1NC2(CCN(C(=O)Nc3ccc(C)cc3)CC2)N(C2CCN(Cc3ccccc3)CC2)C1=O. The van der Waals surface area contributed by atoms with E-state index in [1.54, 1.807) is 0 Å². The third-order valence-corrected chi connectivity index (χ3v) is 8.95. The van der Waals surface area contributed by atoms with Gasteiger partial charge in [-0.15, -0.1) is 0 Å². The van der Waals surface area contributed by atoms with Crippen molar-refractivity contribution in [3.05, 3.63) is 65.7 Å². The number of aryl methyl sites for hydroxylation is 1. The maximum atomic E-state index is 13.9. The van der Waals surface area contributed by atoms with Crippen LogP contribution in [0.25, 0.3) is 0 Å². The molecule has 0 aliphatic carbocycles. The second-order valence-electron chi connectivity index (χ2n) is 11.5. The van der Waals surface area contributed by atoms with Crippen molar-refractivity contribution in [2.75, 3.05) is 31.5 Å². The Hall–Kier alpha value is -2.90. The van der Waals surface area contributed by atoms with E-state index in [4.69, 9.17) is 0 Å². The molecule has 0 saturated carbocycles. The first-order valence-electron chi connectivity index (χ1n) is 14.4. The highest BCUT2D eigenvalue weighted by Crippen LogP contribution is 2.38. The Morgan fingerprint density at radius 3 is 2.32 bits per heavy atom. The summed E-state index contributed by atoms with van der Waals surface area (Å²) in [6.07, 6.45) is 4.47. The topological polar surface area (TPSA) is 67.9 Å². The molecule has 38 heavy (non-hydrogen) atoms. The number of likely N-dealkylation sites (tertiary alicyclic amines) is 2. The van der Waals surface area contributed by atoms with Gasteiger partial charge in [0.05, 0.1) is 11.7 Å². The molecule has 3 aliphatic rings. The zero-order chi connectivity index (χ0) is 26.7. The molecule has 204 valence electrons. The van der Waals surface area contributed by atoms with E-state index in [1.807, 2.05) is 36.1 Å². The summed E-state index contributed by atoms with van der Waals surface area (Å²) in [5, 5.41) is 6.87. The molecule has 0 aromatic heterocycles. The van der Waals surface area contributed by atoms with Gasteiger partial charge in [0.1, 0.15) is 0 Å². The summed E-state index contributed by atoms with van der Waals surface area (Å²) in [6, 6.07) is 18.6. The average molecular weight is 518 g/mol. The van der Waals surface area contributed by atoms with Crippen LogP contribution in [0.3, 0.4) is 0 Å². The van der Waals surface area contributed by atoms with E-state index in [0.29, 0.717) is 13.1 Å². The summed E-state index contributed by atoms with van der Waals surface area (Å²) < 4.78 is 0. The summed E-state index contributed by atoms with van der Waals surface area (Å²) in [4.78, 5) is 33.6. The minimum Gasteiger partial charge on any atom is -0.324 e. The number of hydrogen-bond acceptors (Lipinski definition) is 4. The molecular weight excluding hydrogens is 474 g/mol. The van der Waals surface area contributed by atoms with Crippen LogP contribution in [-0.4, -0.2) is 70.6 Å². The lowest BCUT2D eigenvalue weighted by atomic mass is 9.92. The fraction of sp³-hybridized carbons (Fsp3) is 0.548. The highest BCUT2D eigenvalue weighted by atomic mass is 16.2. The number of urea groups is 1. The molecule has 3 saturated heterocycles. The Morgan fingerprint density at radius 1 is 1.03 bits per heavy atom. The second kappa shape index (κ2) is 11.5. The number of carbonyl (C=O) groups excluding carboxylic acids is 2. The van der Waals surface area contributed by atoms with Gasteiger partial charge in [-0.05, 0) is 43.4 Å². The average Bonchev–Trinajstić information content (AvgIpc) is 3.22. The van der Waals surface area contributed by atoms with Crippen LogP contribution in [0.4, 0.5) is 10.5 Å². The van der Waals surface area contributed by atoms with Crippen molar-refractivity contribution < 1.29 is 9.59 Å². The van der Waals surface area contributed by atoms with Gasteiger partial charge in [0.2, 0.25) is 5.91 Å². The van der Waals surface area contributed by atoms with Gasteiger partial charge in [-0.25, -0.2) is 4.79 Å². The third kappa shape index (κ3) is 5.59. The minimum absolute atomic E-state index is 0.0627. The summed E-state index contributed by atoms with van der Waals surface area (Å²) in [5.41, 5.74) is 2.96. The molecular formula is C31H43N5O2. The standard InChI is InChI=1S/C31H43N5O2/c1-4-24(3)28-29(37)36(27-14-18-34(19-15-27)22-25-8-6-5-7-9-25)31(33-28)16-20-35(21-17-31)30(38)32-26-12-10-23(2)11-13-26/h5-13,24,27-28,33H,4,14-22H2,1-3H3,(H,32,38)/t24-,28+/m0/s1. The summed E-state index contributed by atoms with van der Waals surface area (Å²) in [6.45, 7) is 10.6. The van der Waals surface area contributed by atoms with Gasteiger partial charge in [0.25, 0.3) is 0 Å². The number of anilines is 1. The largest absolute Gasteiger partial charge is 0.324 e. The zero-order valence-corrected chi connectivity index (χ0v) is 23.2. The molecule has 3 aliphatic heterocycles. The quantitative estimate of drug-likeness (QED) is 0.576. The van der Waals surface area contributed by atoms with Crippen molar-refractivity contribution in [3.63, 3.8) is 0 Å². The van der Waals surface area contributed by atoms with E-state index < -0.39 is 0 Å². The fourth-order valence-electron chi connectivity index (χ4n) is 6.41. The van der Waals surface area contributed by atoms with E-state index in [2.05, 4.69) is 64.6 Å². The molecule has 0 bridgehead atoms. The lowest BCUT2D eigenvalue weighted by Gasteiger charge is -2.49. The van der Waals surface area contributed by atoms with Crippen LogP contribution in [0.1, 0.15) is 57.1 Å². The Morgan fingerprint density at radius 2 is 1.68 bits per heavy atom. The van der Waals surface area contributed by atoms with Crippen LogP contribution in [-0.2, 0) is 11.3 Å². The summed E-state index contributed by atoms with van der Waals surface area (Å²) in [7, 11) is 0. The Bertz CT molecular complexity index is 1090. The van der Waals surface area contributed by atoms with Crippen LogP contribution in [0.5, 0.6) is 0 Å². The van der Waals surface area contributed by atoms with Crippen LogP contribution in [0, 0.1) is 12.8 Å². The highest BCUT2D eigenvalue weighted by Gasteiger charge is 2.55. The van der Waals surface area contributed by atoms with Crippen molar-refractivity contribution in [2.24, 2.45) is 5.92 Å². The molecule has 2 aromatic rings. The molecule has 0 unspecified atom stereocenters. The molecule has 3 amide bonds. The number of amides is 3. The number of nitrogens with one attached hydrogen (secondary N) is 2. The third-order valence-electron chi connectivity index (χ3n) is 8.95. The lowest BCUT2D eigenvalue weighted by molar-refractivity contribution is -0.138. The van der Waals surface area contributed by atoms with Gasteiger partial charge in [-0.3, -0.25) is 15.0 Å². The first-order chi connectivity index (χ1) is 18.4. The predicted octanol–water partition coefficient (Wildman–Crippen LogP) is 4.83. The summed E-state index contributed by atoms with van der Waals surface area (Å²) >= 11 is 0. The van der Waals surface area contributed by atoms with Crippen molar-refractivity contribution in [1.82, 2.24) is 20.0 Å². The van der Waals surface area contributed by atoms with Crippen LogP contribution >= 0.6 is 0 Å². The number of benzene rings is 2. The number of hydrogen-bond donors (Lipinski definition) is 2. The maximum Gasteiger partial charge on any atom is 0.321 e. The zero-order valence-electron chi connectivity index (χ0n) is 23.2. The van der Waals surface area contributed by atoms with E-state index in [-0.39, 0.29) is 35.6 Å². The van der Waals surface area contributed by atoms with Gasteiger partial charge in [0.15, 0.2) is 0 Å². The molecule has 3 heterocycles. The van der Waals surface area contributed by atoms with Crippen molar-refractivity contribution in [2.45, 2.75) is 77.2 Å². The maximum absolute atomic E-state index is 13.9. The van der Waals surface area contributed by atoms with Gasteiger partial charge < -0.3 is 15.1 Å². The smallest absolute Gasteiger partial charge is 0.321 e. The monoisotopic (exact) mass is 517 g/mol. The molecule has 2 aromatic carbocycles. The van der Waals surface area contributed by atoms with Crippen LogP contribution < -0.4 is 10.6 Å². The fourth-order valence-corrected chi connectivity index (χ4v) is 6.41. The molecule has 1 spiro atoms. The van der Waals surface area contributed by atoms with Crippen molar-refractivity contribution >= 4 is 17.6 Å². The number of piperidine rings is 2. The number of carbonyl (C=O) groups is 2. The van der Waals surface area contributed by atoms with Gasteiger partial charge in [-0.1, -0.05) is 68.3 Å². The normalized spacial score (nSPS) is 23.1. The van der Waals surface area contributed by atoms with Gasteiger partial charge in [-0.2, -0.15) is 0 Å². The Labute approximate surface area is 227 Å². The second-order valence-corrected chi connectivity index (χ2v) is 11.5. The van der Waals surface area contributed by atoms with E-state index >= 15 is 0 Å². The minimum atomic E-state index is -0.363. The van der Waals surface area contributed by atoms with Gasteiger partial charge >= 0.3 is 6.03 Å². The lowest BCUT2D eigenvalue weighted by Crippen LogP contribution is -2.63. The van der Waals surface area contributed by atoms with Crippen molar-refractivity contribution in [3.8, 4) is 0 Å². The van der Waals surface area contributed by atoms with E-state index in [1.165, 1.54) is 11.1 Å². The molecule has 3 fully saturated rings. The number of nitrogens with zero attached hydrogens (tertiary/aromatic N) is 3. The van der Waals surface area contributed by atoms with Crippen LogP contribution in [0.15, 0.2) is 54.6 Å². The van der Waals surface area contributed by atoms with Crippen LogP contribution in [0.2, 0.25) is 0 Å². The Kier molecular flexibility index (Phi) is 8.05. The molecule has 7 nitrogen and oxygen atoms in total. The summed E-state index contributed by atoms with van der Waals surface area (Å²) in [5.74, 6) is 0.545. The molecule has 2 atom stereocenters. The number of rotatable bonds is 6. The molecule has 2 N–H and O–H groups in total. The molecule has 5 rings (SSSR count). The Balaban J connectivity index is 1.25. The van der Waals surface area contributed by atoms with E-state index in [0.717, 1.165) is 57.4 Å². The van der Waals surface area contributed by atoms with E-state index in [9.17, 15) is 9.59 Å².